The zero-order valence-corrected chi connectivity index (χ0v) is 16.4. The first-order valence-electron chi connectivity index (χ1n) is 7.52. The maximum absolute atomic E-state index is 12.1. The highest BCUT2D eigenvalue weighted by atomic mass is 79.9. The summed E-state index contributed by atoms with van der Waals surface area (Å²) < 4.78 is 6.42. The van der Waals surface area contributed by atoms with Crippen molar-refractivity contribution >= 4 is 62.5 Å². The lowest BCUT2D eigenvalue weighted by atomic mass is 10.2. The molecule has 0 bridgehead atoms. The average Bonchev–Trinajstić information content (AvgIpc) is 3.07. The smallest absolute Gasteiger partial charge is 0.248 e. The second-order valence-electron chi connectivity index (χ2n) is 5.39. The number of carbonyl (C=O) groups excluding carboxylic acids is 1. The molecule has 0 saturated carbocycles. The van der Waals surface area contributed by atoms with Crippen LogP contribution in [0, 0.1) is 0 Å². The van der Waals surface area contributed by atoms with Crippen molar-refractivity contribution in [1.82, 2.24) is 0 Å². The van der Waals surface area contributed by atoms with Crippen molar-refractivity contribution in [2.24, 2.45) is 0 Å². The molecule has 7 heteroatoms. The molecule has 2 aromatic carbocycles. The van der Waals surface area contributed by atoms with Gasteiger partial charge in [-0.1, -0.05) is 23.2 Å². The Labute approximate surface area is 168 Å². The molecule has 1 heterocycles. The van der Waals surface area contributed by atoms with Gasteiger partial charge in [-0.2, -0.15) is 0 Å². The Kier molecular flexibility index (Phi) is 5.71. The van der Waals surface area contributed by atoms with Crippen LogP contribution < -0.4 is 11.1 Å². The molecule has 132 valence electrons. The Morgan fingerprint density at radius 2 is 1.88 bits per heavy atom. The molecular formula is C19H13BrCl2N2O2. The number of anilines is 2. The molecule has 0 aliphatic carbocycles. The molecule has 0 radical (unpaired) electrons. The summed E-state index contributed by atoms with van der Waals surface area (Å²) in [4.78, 5) is 12.1. The van der Waals surface area contributed by atoms with Crippen LogP contribution in [0.2, 0.25) is 10.0 Å². The number of rotatable bonds is 4. The maximum Gasteiger partial charge on any atom is 0.248 e. The standard InChI is InChI=1S/C19H13BrCl2N2O2/c20-14-10-12(23)2-6-17(14)24-19(25)8-4-13-3-7-18(26-13)11-1-5-15(21)16(22)9-11/h1-10H,23H2,(H,24,25)/b8-4+. The normalized spacial score (nSPS) is 11.0. The Bertz CT molecular complexity index is 999. The fraction of sp³-hybridized carbons (Fsp3) is 0. The van der Waals surface area contributed by atoms with Crippen LogP contribution in [-0.4, -0.2) is 5.91 Å². The summed E-state index contributed by atoms with van der Waals surface area (Å²) in [5, 5.41) is 3.69. The molecule has 0 aliphatic rings. The van der Waals surface area contributed by atoms with Gasteiger partial charge in [0.2, 0.25) is 5.91 Å². The van der Waals surface area contributed by atoms with Gasteiger partial charge in [-0.3, -0.25) is 4.79 Å². The first-order chi connectivity index (χ1) is 12.4. The van der Waals surface area contributed by atoms with Gasteiger partial charge in [-0.25, -0.2) is 0 Å². The summed E-state index contributed by atoms with van der Waals surface area (Å²) in [6, 6.07) is 14.0. The van der Waals surface area contributed by atoms with Crippen LogP contribution in [0.4, 0.5) is 11.4 Å². The predicted molar refractivity (Wildman–Crippen MR) is 110 cm³/mol. The highest BCUT2D eigenvalue weighted by Crippen LogP contribution is 2.30. The SMILES string of the molecule is Nc1ccc(NC(=O)/C=C/c2ccc(-c3ccc(Cl)c(Cl)c3)o2)c(Br)c1. The van der Waals surface area contributed by atoms with E-state index in [9.17, 15) is 4.79 Å². The molecule has 1 amide bonds. The Balaban J connectivity index is 1.69. The number of amides is 1. The van der Waals surface area contributed by atoms with Gasteiger partial charge >= 0.3 is 0 Å². The van der Waals surface area contributed by atoms with Gasteiger partial charge in [0.1, 0.15) is 11.5 Å². The second-order valence-corrected chi connectivity index (χ2v) is 7.06. The van der Waals surface area contributed by atoms with E-state index in [-0.39, 0.29) is 5.91 Å². The van der Waals surface area contributed by atoms with Crippen LogP contribution in [0.5, 0.6) is 0 Å². The van der Waals surface area contributed by atoms with Gasteiger partial charge < -0.3 is 15.5 Å². The van der Waals surface area contributed by atoms with Crippen molar-refractivity contribution in [3.05, 3.63) is 74.9 Å². The lowest BCUT2D eigenvalue weighted by molar-refractivity contribution is -0.111. The summed E-state index contributed by atoms with van der Waals surface area (Å²) in [5.41, 5.74) is 7.71. The van der Waals surface area contributed by atoms with Gasteiger partial charge in [-0.05, 0) is 70.5 Å². The first kappa shape index (κ1) is 18.6. The van der Waals surface area contributed by atoms with Gasteiger partial charge in [0.05, 0.1) is 15.7 Å². The van der Waals surface area contributed by atoms with E-state index in [1.54, 1.807) is 48.5 Å². The van der Waals surface area contributed by atoms with Crippen LogP contribution in [-0.2, 0) is 4.79 Å². The van der Waals surface area contributed by atoms with E-state index in [1.165, 1.54) is 6.08 Å². The number of hydrogen-bond acceptors (Lipinski definition) is 3. The topological polar surface area (TPSA) is 68.3 Å². The van der Waals surface area contributed by atoms with Crippen molar-refractivity contribution in [2.75, 3.05) is 11.1 Å². The van der Waals surface area contributed by atoms with E-state index >= 15 is 0 Å². The maximum atomic E-state index is 12.1. The highest BCUT2D eigenvalue weighted by Gasteiger charge is 2.07. The molecular weight excluding hydrogens is 439 g/mol. The number of nitrogen functional groups attached to an aromatic ring is 1. The molecule has 0 spiro atoms. The minimum absolute atomic E-state index is 0.289. The zero-order valence-electron chi connectivity index (χ0n) is 13.3. The third-order valence-electron chi connectivity index (χ3n) is 3.48. The van der Waals surface area contributed by atoms with E-state index in [0.29, 0.717) is 37.4 Å². The van der Waals surface area contributed by atoms with E-state index in [4.69, 9.17) is 33.4 Å². The minimum Gasteiger partial charge on any atom is -0.457 e. The van der Waals surface area contributed by atoms with Crippen molar-refractivity contribution in [1.29, 1.82) is 0 Å². The van der Waals surface area contributed by atoms with E-state index in [2.05, 4.69) is 21.2 Å². The number of benzene rings is 2. The Morgan fingerprint density at radius 3 is 2.62 bits per heavy atom. The van der Waals surface area contributed by atoms with Gasteiger partial charge in [0.15, 0.2) is 0 Å². The lowest BCUT2D eigenvalue weighted by Gasteiger charge is -2.05. The number of furan rings is 1. The largest absolute Gasteiger partial charge is 0.457 e. The molecule has 3 N–H and O–H groups in total. The molecule has 4 nitrogen and oxygen atoms in total. The molecule has 0 fully saturated rings. The molecule has 26 heavy (non-hydrogen) atoms. The lowest BCUT2D eigenvalue weighted by Crippen LogP contribution is -2.08. The summed E-state index contributed by atoms with van der Waals surface area (Å²) in [6.07, 6.45) is 2.97. The van der Waals surface area contributed by atoms with Crippen molar-refractivity contribution in [3.63, 3.8) is 0 Å². The Morgan fingerprint density at radius 1 is 1.08 bits per heavy atom. The fourth-order valence-corrected chi connectivity index (χ4v) is 3.01. The molecule has 3 rings (SSSR count). The van der Waals surface area contributed by atoms with Crippen molar-refractivity contribution in [3.8, 4) is 11.3 Å². The van der Waals surface area contributed by atoms with E-state index in [0.717, 1.165) is 5.56 Å². The second kappa shape index (κ2) is 7.99. The third-order valence-corrected chi connectivity index (χ3v) is 4.88. The van der Waals surface area contributed by atoms with Crippen LogP contribution in [0.25, 0.3) is 17.4 Å². The number of carbonyl (C=O) groups is 1. The van der Waals surface area contributed by atoms with Crippen LogP contribution >= 0.6 is 39.1 Å². The van der Waals surface area contributed by atoms with Crippen molar-refractivity contribution in [2.45, 2.75) is 0 Å². The summed E-state index contributed by atoms with van der Waals surface area (Å²) in [5.74, 6) is 0.880. The minimum atomic E-state index is -0.289. The summed E-state index contributed by atoms with van der Waals surface area (Å²) in [7, 11) is 0. The van der Waals surface area contributed by atoms with Crippen LogP contribution in [0.15, 0.2) is 63.5 Å². The third kappa shape index (κ3) is 4.49. The van der Waals surface area contributed by atoms with E-state index < -0.39 is 0 Å². The van der Waals surface area contributed by atoms with Gasteiger partial charge in [0, 0.05) is 21.8 Å². The summed E-state index contributed by atoms with van der Waals surface area (Å²) in [6.45, 7) is 0. The number of nitrogens with one attached hydrogen (secondary N) is 1. The predicted octanol–water partition coefficient (Wildman–Crippen LogP) is 6.25. The number of hydrogen-bond donors (Lipinski definition) is 2. The first-order valence-corrected chi connectivity index (χ1v) is 9.06. The number of nitrogens with two attached hydrogens (primary N) is 1. The quantitative estimate of drug-likeness (QED) is 0.363. The summed E-state index contributed by atoms with van der Waals surface area (Å²) >= 11 is 15.3. The van der Waals surface area contributed by atoms with Gasteiger partial charge in [-0.15, -0.1) is 0 Å². The fourth-order valence-electron chi connectivity index (χ4n) is 2.21. The van der Waals surface area contributed by atoms with Crippen LogP contribution in [0.3, 0.4) is 0 Å². The van der Waals surface area contributed by atoms with E-state index in [1.807, 2.05) is 6.07 Å². The zero-order chi connectivity index (χ0) is 18.7. The highest BCUT2D eigenvalue weighted by molar-refractivity contribution is 9.10. The molecule has 0 unspecified atom stereocenters. The van der Waals surface area contributed by atoms with Gasteiger partial charge in [0.25, 0.3) is 0 Å². The average molecular weight is 452 g/mol. The molecule has 0 aliphatic heterocycles. The molecule has 0 saturated heterocycles. The molecule has 0 atom stereocenters. The van der Waals surface area contributed by atoms with Crippen LogP contribution in [0.1, 0.15) is 5.76 Å². The molecule has 1 aromatic heterocycles. The van der Waals surface area contributed by atoms with Crippen molar-refractivity contribution < 1.29 is 9.21 Å². The monoisotopic (exact) mass is 450 g/mol. The Hall–Kier alpha value is -2.21. The molecule has 3 aromatic rings. The number of halogens is 3.